The second-order valence-corrected chi connectivity index (χ2v) is 8.50. The third-order valence-corrected chi connectivity index (χ3v) is 6.45. The zero-order chi connectivity index (χ0) is 22.0. The molecule has 6 nitrogen and oxygen atoms in total. The minimum Gasteiger partial charge on any atom is -0.497 e. The Kier molecular flexibility index (Phi) is 6.06. The quantitative estimate of drug-likeness (QED) is 0.460. The summed E-state index contributed by atoms with van der Waals surface area (Å²) >= 11 is 7.56. The summed E-state index contributed by atoms with van der Waals surface area (Å²) in [6.07, 6.45) is 1.41. The average Bonchev–Trinajstić information content (AvgIpc) is 3.21. The lowest BCUT2D eigenvalue weighted by Crippen LogP contribution is -2.33. The fourth-order valence-electron chi connectivity index (χ4n) is 3.30. The van der Waals surface area contributed by atoms with Crippen molar-refractivity contribution < 1.29 is 9.53 Å². The van der Waals surface area contributed by atoms with Crippen LogP contribution in [0.3, 0.4) is 0 Å². The third kappa shape index (κ3) is 4.47. The van der Waals surface area contributed by atoms with Gasteiger partial charge in [-0.15, -0.1) is 11.3 Å². The maximum Gasteiger partial charge on any atom is 0.271 e. The van der Waals surface area contributed by atoms with Crippen LogP contribution in [0.2, 0.25) is 5.02 Å². The van der Waals surface area contributed by atoms with Crippen molar-refractivity contribution in [1.29, 1.82) is 0 Å². The van der Waals surface area contributed by atoms with E-state index in [2.05, 4.69) is 10.3 Å². The molecule has 2 heterocycles. The first-order valence-electron chi connectivity index (χ1n) is 9.63. The van der Waals surface area contributed by atoms with Crippen LogP contribution in [0.15, 0.2) is 65.7 Å². The van der Waals surface area contributed by atoms with E-state index in [0.29, 0.717) is 15.2 Å². The Bertz CT molecular complexity index is 1300. The standard InChI is InChI=1S/C23H20ClN3O3S/c1-14(17-5-3-4-6-18(17)24)26-21(28)12-27-13-25-19-11-20(31-22(19)23(27)29)15-7-9-16(30-2)10-8-15/h3-11,13-14H,12H2,1-2H3,(H,26,28). The summed E-state index contributed by atoms with van der Waals surface area (Å²) < 4.78 is 7.03. The SMILES string of the molecule is COc1ccc(-c2cc3ncn(CC(=O)NC(C)c4ccccc4Cl)c(=O)c3s2)cc1. The van der Waals surface area contributed by atoms with E-state index in [-0.39, 0.29) is 24.1 Å². The molecule has 0 bridgehead atoms. The molecule has 0 spiro atoms. The van der Waals surface area contributed by atoms with Crippen LogP contribution in [-0.4, -0.2) is 22.6 Å². The van der Waals surface area contributed by atoms with E-state index >= 15 is 0 Å². The van der Waals surface area contributed by atoms with E-state index in [1.165, 1.54) is 22.2 Å². The summed E-state index contributed by atoms with van der Waals surface area (Å²) in [5.74, 6) is 0.477. The van der Waals surface area contributed by atoms with Crippen molar-refractivity contribution in [2.75, 3.05) is 7.11 Å². The number of thiophene rings is 1. The highest BCUT2D eigenvalue weighted by atomic mass is 35.5. The van der Waals surface area contributed by atoms with Crippen LogP contribution in [0, 0.1) is 0 Å². The summed E-state index contributed by atoms with van der Waals surface area (Å²) in [5.41, 5.74) is 2.17. The van der Waals surface area contributed by atoms with Crippen molar-refractivity contribution in [3.8, 4) is 16.2 Å². The lowest BCUT2D eigenvalue weighted by molar-refractivity contribution is -0.122. The third-order valence-electron chi connectivity index (χ3n) is 4.94. The molecule has 2 aromatic carbocycles. The number of ether oxygens (including phenoxy) is 1. The molecule has 0 fully saturated rings. The molecule has 0 radical (unpaired) electrons. The van der Waals surface area contributed by atoms with Crippen LogP contribution >= 0.6 is 22.9 Å². The number of methoxy groups -OCH3 is 1. The van der Waals surface area contributed by atoms with Crippen LogP contribution in [0.4, 0.5) is 0 Å². The molecule has 0 saturated carbocycles. The minimum atomic E-state index is -0.289. The molecule has 0 aliphatic carbocycles. The molecular weight excluding hydrogens is 434 g/mol. The van der Waals surface area contributed by atoms with Crippen molar-refractivity contribution in [2.45, 2.75) is 19.5 Å². The van der Waals surface area contributed by atoms with E-state index in [1.807, 2.05) is 55.5 Å². The van der Waals surface area contributed by atoms with Crippen LogP contribution < -0.4 is 15.6 Å². The van der Waals surface area contributed by atoms with Crippen molar-refractivity contribution >= 4 is 39.1 Å². The second-order valence-electron chi connectivity index (χ2n) is 7.04. The fourth-order valence-corrected chi connectivity index (χ4v) is 4.67. The molecule has 2 aromatic heterocycles. The molecule has 1 N–H and O–H groups in total. The largest absolute Gasteiger partial charge is 0.497 e. The van der Waals surface area contributed by atoms with Crippen molar-refractivity contribution in [2.24, 2.45) is 0 Å². The zero-order valence-corrected chi connectivity index (χ0v) is 18.5. The van der Waals surface area contributed by atoms with Gasteiger partial charge in [-0.3, -0.25) is 14.2 Å². The Balaban J connectivity index is 1.54. The highest BCUT2D eigenvalue weighted by molar-refractivity contribution is 7.22. The number of benzene rings is 2. The van der Waals surface area contributed by atoms with Crippen molar-refractivity contribution in [1.82, 2.24) is 14.9 Å². The predicted octanol–water partition coefficient (Wildman–Crippen LogP) is 4.66. The van der Waals surface area contributed by atoms with Crippen LogP contribution in [0.25, 0.3) is 20.7 Å². The van der Waals surface area contributed by atoms with Gasteiger partial charge in [0.2, 0.25) is 5.91 Å². The van der Waals surface area contributed by atoms with E-state index < -0.39 is 0 Å². The Morgan fingerprint density at radius 3 is 2.68 bits per heavy atom. The smallest absolute Gasteiger partial charge is 0.271 e. The van der Waals surface area contributed by atoms with Gasteiger partial charge in [-0.1, -0.05) is 29.8 Å². The summed E-state index contributed by atoms with van der Waals surface area (Å²) in [7, 11) is 1.62. The topological polar surface area (TPSA) is 73.2 Å². The Morgan fingerprint density at radius 1 is 1.23 bits per heavy atom. The molecular formula is C23H20ClN3O3S. The number of rotatable bonds is 6. The number of aromatic nitrogens is 2. The van der Waals surface area contributed by atoms with Gasteiger partial charge in [0.05, 0.1) is 25.0 Å². The number of carbonyl (C=O) groups excluding carboxylic acids is 1. The van der Waals surface area contributed by atoms with Gasteiger partial charge < -0.3 is 10.1 Å². The first-order chi connectivity index (χ1) is 15.0. The number of hydrogen-bond acceptors (Lipinski definition) is 5. The molecule has 158 valence electrons. The van der Waals surface area contributed by atoms with Gasteiger partial charge in [-0.2, -0.15) is 0 Å². The molecule has 1 unspecified atom stereocenters. The number of nitrogens with zero attached hydrogens (tertiary/aromatic N) is 2. The van der Waals surface area contributed by atoms with Gasteiger partial charge >= 0.3 is 0 Å². The Hall–Kier alpha value is -3.16. The summed E-state index contributed by atoms with van der Waals surface area (Å²) in [6.45, 7) is 1.73. The van der Waals surface area contributed by atoms with Gasteiger partial charge in [0.15, 0.2) is 0 Å². The van der Waals surface area contributed by atoms with E-state index in [9.17, 15) is 9.59 Å². The molecule has 4 rings (SSSR count). The first-order valence-corrected chi connectivity index (χ1v) is 10.8. The van der Waals surface area contributed by atoms with Crippen molar-refractivity contribution in [3.63, 3.8) is 0 Å². The number of fused-ring (bicyclic) bond motifs is 1. The maximum atomic E-state index is 12.9. The second kappa shape index (κ2) is 8.91. The van der Waals surface area contributed by atoms with Crippen LogP contribution in [-0.2, 0) is 11.3 Å². The Morgan fingerprint density at radius 2 is 1.97 bits per heavy atom. The van der Waals surface area contributed by atoms with Gasteiger partial charge in [0, 0.05) is 9.90 Å². The number of nitrogens with one attached hydrogen (secondary N) is 1. The summed E-state index contributed by atoms with van der Waals surface area (Å²) in [4.78, 5) is 30.8. The summed E-state index contributed by atoms with van der Waals surface area (Å²) in [6, 6.07) is 16.6. The lowest BCUT2D eigenvalue weighted by atomic mass is 10.1. The number of hydrogen-bond donors (Lipinski definition) is 1. The molecule has 31 heavy (non-hydrogen) atoms. The Labute approximate surface area is 188 Å². The van der Waals surface area contributed by atoms with Crippen LogP contribution in [0.5, 0.6) is 5.75 Å². The van der Waals surface area contributed by atoms with E-state index in [1.54, 1.807) is 13.2 Å². The fraction of sp³-hybridized carbons (Fsp3) is 0.174. The average molecular weight is 454 g/mol. The first kappa shape index (κ1) is 21.1. The highest BCUT2D eigenvalue weighted by Gasteiger charge is 2.15. The normalized spacial score (nSPS) is 12.0. The summed E-state index contributed by atoms with van der Waals surface area (Å²) in [5, 5.41) is 3.47. The van der Waals surface area contributed by atoms with Gasteiger partial charge in [-0.25, -0.2) is 4.98 Å². The zero-order valence-electron chi connectivity index (χ0n) is 17.0. The number of halogens is 1. The number of amides is 1. The van der Waals surface area contributed by atoms with Gasteiger partial charge in [0.1, 0.15) is 17.0 Å². The molecule has 0 aliphatic heterocycles. The van der Waals surface area contributed by atoms with E-state index in [4.69, 9.17) is 16.3 Å². The lowest BCUT2D eigenvalue weighted by Gasteiger charge is -2.16. The minimum absolute atomic E-state index is 0.119. The molecule has 0 aliphatic rings. The van der Waals surface area contributed by atoms with Crippen molar-refractivity contribution in [3.05, 3.63) is 81.9 Å². The highest BCUT2D eigenvalue weighted by Crippen LogP contribution is 2.31. The molecule has 4 aromatic rings. The van der Waals surface area contributed by atoms with Crippen LogP contribution in [0.1, 0.15) is 18.5 Å². The van der Waals surface area contributed by atoms with Gasteiger partial charge in [0.25, 0.3) is 5.56 Å². The molecule has 0 saturated heterocycles. The number of carbonyl (C=O) groups is 1. The van der Waals surface area contributed by atoms with E-state index in [0.717, 1.165) is 21.8 Å². The maximum absolute atomic E-state index is 12.9. The molecule has 8 heteroatoms. The monoisotopic (exact) mass is 453 g/mol. The predicted molar refractivity (Wildman–Crippen MR) is 124 cm³/mol. The van der Waals surface area contributed by atoms with Gasteiger partial charge in [-0.05, 0) is 54.4 Å². The molecule has 1 atom stereocenters. The molecule has 1 amide bonds.